The van der Waals surface area contributed by atoms with Gasteiger partial charge >= 0.3 is 0 Å². The molecule has 0 aliphatic heterocycles. The smallest absolute Gasteiger partial charge is 0.296 e. The summed E-state index contributed by atoms with van der Waals surface area (Å²) in [6.07, 6.45) is 0. The van der Waals surface area contributed by atoms with Crippen LogP contribution in [0.5, 0.6) is 5.75 Å². The summed E-state index contributed by atoms with van der Waals surface area (Å²) in [6.45, 7) is 1.06. The third kappa shape index (κ3) is 6.64. The molecule has 0 saturated heterocycles. The monoisotopic (exact) mass is 567 g/mol. The molecule has 0 fully saturated rings. The van der Waals surface area contributed by atoms with E-state index in [1.807, 2.05) is 0 Å². The normalized spacial score (nSPS) is 12.4. The maximum absolute atomic E-state index is 11.9. The molecule has 0 aromatic heterocycles. The van der Waals surface area contributed by atoms with Gasteiger partial charge < -0.3 is 10.4 Å². The number of hydrogen-bond acceptors (Lipinski definition) is 10. The fourth-order valence-electron chi connectivity index (χ4n) is 2.98. The second kappa shape index (κ2) is 10.5. The van der Waals surface area contributed by atoms with Crippen LogP contribution in [-0.4, -0.2) is 74.9 Å². The zero-order chi connectivity index (χ0) is 26.3. The van der Waals surface area contributed by atoms with Crippen molar-refractivity contribution in [3.8, 4) is 5.75 Å². The van der Waals surface area contributed by atoms with Gasteiger partial charge in [-0.15, -0.1) is 5.11 Å². The molecular formula is C18H16N4NaO10S3. The zero-order valence-electron chi connectivity index (χ0n) is 18.4. The Morgan fingerprint density at radius 1 is 0.889 bits per heavy atom. The molecule has 0 atom stereocenters. The van der Waals surface area contributed by atoms with Crippen LogP contribution in [0.1, 0.15) is 6.92 Å². The Hall–Kier alpha value is -2.48. The minimum atomic E-state index is -5.05. The number of nitrogens with zero attached hydrogens (tertiary/aromatic N) is 2. The van der Waals surface area contributed by atoms with Crippen molar-refractivity contribution in [3.63, 3.8) is 0 Å². The number of phenolic OH excluding ortho intramolecular Hbond substituents is 1. The van der Waals surface area contributed by atoms with Gasteiger partial charge in [0, 0.05) is 41.9 Å². The van der Waals surface area contributed by atoms with Gasteiger partial charge in [-0.25, -0.2) is 13.6 Å². The minimum absolute atomic E-state index is 0. The van der Waals surface area contributed by atoms with Gasteiger partial charge in [0.1, 0.15) is 15.5 Å². The molecule has 3 aromatic carbocycles. The fourth-order valence-corrected chi connectivity index (χ4v) is 4.82. The van der Waals surface area contributed by atoms with E-state index in [1.165, 1.54) is 12.1 Å². The van der Waals surface area contributed by atoms with Crippen molar-refractivity contribution in [1.29, 1.82) is 0 Å². The topological polar surface area (TPSA) is 243 Å². The number of benzene rings is 3. The van der Waals surface area contributed by atoms with Gasteiger partial charge in [0.2, 0.25) is 15.9 Å². The summed E-state index contributed by atoms with van der Waals surface area (Å²) in [6, 6.07) is 7.06. The Morgan fingerprint density at radius 3 is 1.89 bits per heavy atom. The van der Waals surface area contributed by atoms with E-state index >= 15 is 0 Å². The number of anilines is 1. The van der Waals surface area contributed by atoms with E-state index in [4.69, 9.17) is 5.14 Å². The van der Waals surface area contributed by atoms with Crippen LogP contribution in [0.15, 0.2) is 67.4 Å². The third-order valence-electron chi connectivity index (χ3n) is 4.45. The van der Waals surface area contributed by atoms with E-state index in [1.54, 1.807) is 0 Å². The van der Waals surface area contributed by atoms with Crippen LogP contribution in [0.3, 0.4) is 0 Å². The molecule has 0 aliphatic carbocycles. The maximum Gasteiger partial charge on any atom is 0.296 e. The summed E-state index contributed by atoms with van der Waals surface area (Å²) >= 11 is 0. The van der Waals surface area contributed by atoms with Crippen LogP contribution < -0.4 is 10.5 Å². The molecule has 1 radical (unpaired) electrons. The maximum atomic E-state index is 11.9. The van der Waals surface area contributed by atoms with E-state index in [9.17, 15) is 44.3 Å². The van der Waals surface area contributed by atoms with E-state index < -0.39 is 63.1 Å². The number of hydrogen-bond donors (Lipinski definition) is 5. The number of carbonyl (C=O) groups is 1. The molecule has 18 heteroatoms. The molecule has 3 rings (SSSR count). The van der Waals surface area contributed by atoms with Crippen LogP contribution in [0, 0.1) is 0 Å². The van der Waals surface area contributed by atoms with Gasteiger partial charge in [0.05, 0.1) is 16.3 Å². The largest absolute Gasteiger partial charge is 0.505 e. The van der Waals surface area contributed by atoms with Gasteiger partial charge in [0.25, 0.3) is 20.2 Å². The van der Waals surface area contributed by atoms with Crippen molar-refractivity contribution < 1.29 is 44.3 Å². The van der Waals surface area contributed by atoms with Gasteiger partial charge in [-0.3, -0.25) is 13.9 Å². The van der Waals surface area contributed by atoms with Crippen LogP contribution >= 0.6 is 0 Å². The molecule has 0 aliphatic rings. The second-order valence-electron chi connectivity index (χ2n) is 7.01. The van der Waals surface area contributed by atoms with E-state index in [2.05, 4.69) is 15.5 Å². The van der Waals surface area contributed by atoms with E-state index in [0.29, 0.717) is 0 Å². The van der Waals surface area contributed by atoms with Crippen molar-refractivity contribution in [1.82, 2.24) is 0 Å². The van der Waals surface area contributed by atoms with E-state index in [-0.39, 0.29) is 50.9 Å². The predicted octanol–water partition coefficient (Wildman–Crippen LogP) is 1.68. The molecule has 0 heterocycles. The quantitative estimate of drug-likeness (QED) is 0.164. The molecule has 3 aromatic rings. The van der Waals surface area contributed by atoms with Crippen molar-refractivity contribution in [2.24, 2.45) is 15.4 Å². The second-order valence-corrected chi connectivity index (χ2v) is 11.4. The number of azo groups is 1. The van der Waals surface area contributed by atoms with Gasteiger partial charge in [-0.2, -0.15) is 21.9 Å². The summed E-state index contributed by atoms with van der Waals surface area (Å²) in [5.41, 5.74) is -1.16. The Morgan fingerprint density at radius 2 is 1.42 bits per heavy atom. The zero-order valence-corrected chi connectivity index (χ0v) is 22.9. The molecule has 36 heavy (non-hydrogen) atoms. The standard InChI is InChI=1S/C18H16N4O10S3.Na/c1-9(23)20-14-8-13-10(6-15(14)34(27,28)29)7-16(35(30,31)32)17(18(13)24)22-21-11-2-4-12(5-3-11)33(19,25)26;/h2-8,24H,1H3,(H,20,23)(H2,19,25,26)(H,27,28,29)(H,30,31,32);. The summed E-state index contributed by atoms with van der Waals surface area (Å²) in [7, 11) is -13.9. The summed E-state index contributed by atoms with van der Waals surface area (Å²) in [5, 5.41) is 24.8. The van der Waals surface area contributed by atoms with Gasteiger partial charge in [0.15, 0.2) is 5.75 Å². The first-order valence-electron chi connectivity index (χ1n) is 9.09. The first-order chi connectivity index (χ1) is 16.0. The number of aromatic hydroxyl groups is 1. The van der Waals surface area contributed by atoms with Gasteiger partial charge in [-0.1, -0.05) is 0 Å². The molecular weight excluding hydrogens is 551 g/mol. The van der Waals surface area contributed by atoms with Crippen LogP contribution in [-0.2, 0) is 35.1 Å². The van der Waals surface area contributed by atoms with Crippen molar-refractivity contribution in [2.75, 3.05) is 5.32 Å². The third-order valence-corrected chi connectivity index (χ3v) is 7.14. The Kier molecular flexibility index (Phi) is 8.66. The number of rotatable bonds is 6. The molecule has 1 amide bonds. The Balaban J connectivity index is 0.00000456. The van der Waals surface area contributed by atoms with Crippen molar-refractivity contribution in [3.05, 3.63) is 42.5 Å². The molecule has 0 spiro atoms. The van der Waals surface area contributed by atoms with Gasteiger partial charge in [-0.05, 0) is 47.9 Å². The summed E-state index contributed by atoms with van der Waals surface area (Å²) in [4.78, 5) is 9.48. The molecule has 0 bridgehead atoms. The summed E-state index contributed by atoms with van der Waals surface area (Å²) in [5.74, 6) is -1.58. The SMILES string of the molecule is CC(=O)Nc1cc2c(O)c(N=Nc3ccc(S(N)(=O)=O)cc3)c(S(=O)(=O)O)cc2cc1S(=O)(=O)O.[Na]. The average Bonchev–Trinajstić information content (AvgIpc) is 2.70. The van der Waals surface area contributed by atoms with Crippen LogP contribution in [0.4, 0.5) is 17.1 Å². The predicted molar refractivity (Wildman–Crippen MR) is 127 cm³/mol. The Bertz CT molecular complexity index is 1720. The van der Waals surface area contributed by atoms with Crippen LogP contribution in [0.2, 0.25) is 0 Å². The molecule has 0 saturated carbocycles. The molecule has 6 N–H and O–H groups in total. The number of primary sulfonamides is 1. The van der Waals surface area contributed by atoms with Crippen molar-refractivity contribution in [2.45, 2.75) is 21.6 Å². The number of nitrogens with two attached hydrogens (primary N) is 1. The number of phenols is 1. The van der Waals surface area contributed by atoms with Crippen molar-refractivity contribution >= 4 is 93.6 Å². The summed E-state index contributed by atoms with van der Waals surface area (Å²) < 4.78 is 89.2. The number of fused-ring (bicyclic) bond motifs is 1. The molecule has 14 nitrogen and oxygen atoms in total. The molecule has 187 valence electrons. The number of carbonyl (C=O) groups excluding carboxylic acids is 1. The van der Waals surface area contributed by atoms with E-state index in [0.717, 1.165) is 37.3 Å². The minimum Gasteiger partial charge on any atom is -0.505 e. The average molecular weight is 568 g/mol. The Labute approximate surface area is 227 Å². The first-order valence-corrected chi connectivity index (χ1v) is 13.5. The first kappa shape index (κ1) is 29.7. The van der Waals surface area contributed by atoms with Crippen LogP contribution in [0.25, 0.3) is 10.8 Å². The molecule has 0 unspecified atom stereocenters. The number of amides is 1. The fraction of sp³-hybridized carbons (Fsp3) is 0.0556. The number of nitrogens with one attached hydrogen (secondary N) is 1. The number of sulfonamides is 1.